The van der Waals surface area contributed by atoms with Crippen molar-refractivity contribution in [3.8, 4) is 11.4 Å². The number of rotatable bonds is 4. The molecule has 0 spiro atoms. The van der Waals surface area contributed by atoms with Crippen LogP contribution in [0, 0.1) is 13.8 Å². The molecule has 7 nitrogen and oxygen atoms in total. The van der Waals surface area contributed by atoms with Crippen LogP contribution < -0.4 is 5.32 Å². The van der Waals surface area contributed by atoms with Crippen molar-refractivity contribution >= 4 is 11.5 Å². The third kappa shape index (κ3) is 2.91. The van der Waals surface area contributed by atoms with Crippen LogP contribution >= 0.6 is 0 Å². The lowest BCUT2D eigenvalue weighted by molar-refractivity contribution is 0.850. The molecular weight excluding hydrogens is 314 g/mol. The first-order valence-corrected chi connectivity index (χ1v) is 7.99. The largest absolute Gasteiger partial charge is 0.364 e. The van der Waals surface area contributed by atoms with Gasteiger partial charge in [0.1, 0.15) is 5.82 Å². The molecule has 0 fully saturated rings. The SMILES string of the molecule is Cc1nc(-c2ccncc2)nc(NCc2ccnc3ccnn23)c1C. The van der Waals surface area contributed by atoms with Crippen LogP contribution in [0.25, 0.3) is 17.0 Å². The molecule has 0 aliphatic carbocycles. The number of hydrogen-bond acceptors (Lipinski definition) is 6. The summed E-state index contributed by atoms with van der Waals surface area (Å²) in [6, 6.07) is 7.64. The highest BCUT2D eigenvalue weighted by molar-refractivity contribution is 5.59. The first-order valence-electron chi connectivity index (χ1n) is 7.99. The van der Waals surface area contributed by atoms with Gasteiger partial charge in [0.05, 0.1) is 18.4 Å². The standard InChI is InChI=1S/C18H17N7/c1-12-13(2)23-18(14-3-7-19-8-4-14)24-17(12)21-11-15-5-9-20-16-6-10-22-25(15)16/h3-10H,11H2,1-2H3,(H,21,23,24). The quantitative estimate of drug-likeness (QED) is 0.619. The number of anilines is 1. The Kier molecular flexibility index (Phi) is 3.81. The van der Waals surface area contributed by atoms with Gasteiger partial charge in [-0.3, -0.25) is 4.98 Å². The molecule has 0 unspecified atom stereocenters. The van der Waals surface area contributed by atoms with Crippen LogP contribution in [0.2, 0.25) is 0 Å². The predicted molar refractivity (Wildman–Crippen MR) is 95.1 cm³/mol. The van der Waals surface area contributed by atoms with Gasteiger partial charge in [-0.1, -0.05) is 0 Å². The zero-order valence-corrected chi connectivity index (χ0v) is 14.0. The van der Waals surface area contributed by atoms with Crippen LogP contribution in [0.1, 0.15) is 17.0 Å². The molecule has 124 valence electrons. The summed E-state index contributed by atoms with van der Waals surface area (Å²) in [7, 11) is 0. The molecule has 4 aromatic rings. The molecule has 0 amide bonds. The molecule has 0 atom stereocenters. The number of aryl methyl sites for hydroxylation is 1. The Balaban J connectivity index is 1.66. The summed E-state index contributed by atoms with van der Waals surface area (Å²) in [6.45, 7) is 4.60. The van der Waals surface area contributed by atoms with E-state index in [1.807, 2.05) is 42.6 Å². The summed E-state index contributed by atoms with van der Waals surface area (Å²) < 4.78 is 1.82. The van der Waals surface area contributed by atoms with Crippen molar-refractivity contribution in [1.29, 1.82) is 0 Å². The minimum absolute atomic E-state index is 0.591. The molecule has 25 heavy (non-hydrogen) atoms. The van der Waals surface area contributed by atoms with E-state index in [1.54, 1.807) is 24.8 Å². The van der Waals surface area contributed by atoms with Crippen molar-refractivity contribution in [2.24, 2.45) is 0 Å². The second-order valence-corrected chi connectivity index (χ2v) is 5.73. The summed E-state index contributed by atoms with van der Waals surface area (Å²) in [5, 5.41) is 7.72. The van der Waals surface area contributed by atoms with E-state index in [-0.39, 0.29) is 0 Å². The summed E-state index contributed by atoms with van der Waals surface area (Å²) in [5.74, 6) is 1.50. The molecule has 0 aliphatic heterocycles. The molecule has 4 rings (SSSR count). The highest BCUT2D eigenvalue weighted by atomic mass is 15.3. The molecule has 7 heteroatoms. The summed E-state index contributed by atoms with van der Waals surface area (Å²) in [5.41, 5.74) is 4.76. The molecule has 4 aromatic heterocycles. The molecule has 0 saturated carbocycles. The predicted octanol–water partition coefficient (Wildman–Crippen LogP) is 2.81. The lowest BCUT2D eigenvalue weighted by Gasteiger charge is -2.13. The Labute approximate surface area is 144 Å². The molecule has 0 saturated heterocycles. The number of nitrogens with one attached hydrogen (secondary N) is 1. The number of hydrogen-bond donors (Lipinski definition) is 1. The smallest absolute Gasteiger partial charge is 0.161 e. The highest BCUT2D eigenvalue weighted by Gasteiger charge is 2.10. The van der Waals surface area contributed by atoms with E-state index in [0.29, 0.717) is 12.4 Å². The molecule has 1 N–H and O–H groups in total. The van der Waals surface area contributed by atoms with Crippen LogP contribution in [0.5, 0.6) is 0 Å². The monoisotopic (exact) mass is 331 g/mol. The van der Waals surface area contributed by atoms with Crippen LogP contribution in [0.3, 0.4) is 0 Å². The van der Waals surface area contributed by atoms with Crippen LogP contribution in [0.4, 0.5) is 5.82 Å². The lowest BCUT2D eigenvalue weighted by Crippen LogP contribution is -2.10. The first-order chi connectivity index (χ1) is 12.2. The molecule has 0 radical (unpaired) electrons. The molecule has 4 heterocycles. The normalized spacial score (nSPS) is 11.0. The molecule has 0 aromatic carbocycles. The number of aromatic nitrogens is 6. The fourth-order valence-electron chi connectivity index (χ4n) is 2.62. The Morgan fingerprint density at radius 2 is 1.80 bits per heavy atom. The van der Waals surface area contributed by atoms with Gasteiger partial charge in [-0.2, -0.15) is 5.10 Å². The van der Waals surface area contributed by atoms with Gasteiger partial charge in [-0.25, -0.2) is 19.5 Å². The van der Waals surface area contributed by atoms with Crippen LogP contribution in [-0.2, 0) is 6.54 Å². The van der Waals surface area contributed by atoms with Crippen molar-refractivity contribution in [3.05, 3.63) is 66.0 Å². The third-order valence-electron chi connectivity index (χ3n) is 4.13. The van der Waals surface area contributed by atoms with Crippen molar-refractivity contribution in [2.75, 3.05) is 5.32 Å². The Bertz CT molecular complexity index is 1020. The summed E-state index contributed by atoms with van der Waals surface area (Å²) in [4.78, 5) is 17.6. The van der Waals surface area contributed by atoms with Gasteiger partial charge < -0.3 is 5.32 Å². The zero-order chi connectivity index (χ0) is 17.2. The Morgan fingerprint density at radius 1 is 0.960 bits per heavy atom. The highest BCUT2D eigenvalue weighted by Crippen LogP contribution is 2.21. The van der Waals surface area contributed by atoms with Crippen LogP contribution in [0.15, 0.2) is 49.1 Å². The van der Waals surface area contributed by atoms with Gasteiger partial charge in [0.25, 0.3) is 0 Å². The van der Waals surface area contributed by atoms with E-state index >= 15 is 0 Å². The molecule has 0 aliphatic rings. The van der Waals surface area contributed by atoms with Crippen LogP contribution in [-0.4, -0.2) is 29.5 Å². The van der Waals surface area contributed by atoms with Gasteiger partial charge in [0.15, 0.2) is 11.5 Å². The van der Waals surface area contributed by atoms with Gasteiger partial charge in [0, 0.05) is 41.5 Å². The maximum absolute atomic E-state index is 4.69. The number of pyridine rings is 1. The second-order valence-electron chi connectivity index (χ2n) is 5.73. The summed E-state index contributed by atoms with van der Waals surface area (Å²) >= 11 is 0. The first kappa shape index (κ1) is 15.2. The maximum Gasteiger partial charge on any atom is 0.161 e. The third-order valence-corrected chi connectivity index (χ3v) is 4.13. The number of nitrogens with zero attached hydrogens (tertiary/aromatic N) is 6. The topological polar surface area (TPSA) is 80.9 Å². The van der Waals surface area contributed by atoms with Crippen molar-refractivity contribution in [1.82, 2.24) is 29.5 Å². The van der Waals surface area contributed by atoms with E-state index < -0.39 is 0 Å². The Hall–Kier alpha value is -3.35. The average Bonchev–Trinajstić information content (AvgIpc) is 3.13. The van der Waals surface area contributed by atoms with E-state index in [4.69, 9.17) is 4.98 Å². The van der Waals surface area contributed by atoms with E-state index in [1.165, 1.54) is 0 Å². The van der Waals surface area contributed by atoms with Crippen molar-refractivity contribution in [3.63, 3.8) is 0 Å². The maximum atomic E-state index is 4.69. The van der Waals surface area contributed by atoms with Crippen molar-refractivity contribution < 1.29 is 0 Å². The van der Waals surface area contributed by atoms with Crippen molar-refractivity contribution in [2.45, 2.75) is 20.4 Å². The minimum atomic E-state index is 0.591. The van der Waals surface area contributed by atoms with E-state index in [0.717, 1.165) is 34.0 Å². The minimum Gasteiger partial charge on any atom is -0.364 e. The average molecular weight is 331 g/mol. The fourth-order valence-corrected chi connectivity index (χ4v) is 2.62. The summed E-state index contributed by atoms with van der Waals surface area (Å²) in [6.07, 6.45) is 7.01. The second kappa shape index (κ2) is 6.27. The van der Waals surface area contributed by atoms with Gasteiger partial charge in [0.2, 0.25) is 0 Å². The molecule has 0 bridgehead atoms. The van der Waals surface area contributed by atoms with E-state index in [9.17, 15) is 0 Å². The fraction of sp³-hybridized carbons (Fsp3) is 0.167. The Morgan fingerprint density at radius 3 is 2.64 bits per heavy atom. The van der Waals surface area contributed by atoms with Gasteiger partial charge >= 0.3 is 0 Å². The van der Waals surface area contributed by atoms with Gasteiger partial charge in [-0.05, 0) is 32.0 Å². The lowest BCUT2D eigenvalue weighted by atomic mass is 10.2. The van der Waals surface area contributed by atoms with Gasteiger partial charge in [-0.15, -0.1) is 0 Å². The number of fused-ring (bicyclic) bond motifs is 1. The molecular formula is C18H17N7. The zero-order valence-electron chi connectivity index (χ0n) is 14.0. The van der Waals surface area contributed by atoms with E-state index in [2.05, 4.69) is 25.4 Å².